The Morgan fingerprint density at radius 1 is 0.315 bits per heavy atom. The predicted octanol–water partition coefficient (Wildman–Crippen LogP) is 14.9. The fourth-order valence-electron chi connectivity index (χ4n) is 7.83. The second-order valence-corrected chi connectivity index (χ2v) is 13.7. The van der Waals surface area contributed by atoms with Crippen LogP contribution in [0.3, 0.4) is 0 Å². The summed E-state index contributed by atoms with van der Waals surface area (Å²) in [5.74, 6) is 0. The highest BCUT2D eigenvalue weighted by atomic mass is 16.3. The molecule has 0 unspecified atom stereocenters. The van der Waals surface area contributed by atoms with Gasteiger partial charge in [-0.3, -0.25) is 0 Å². The van der Waals surface area contributed by atoms with Crippen LogP contribution in [0.1, 0.15) is 0 Å². The molecule has 10 aromatic rings. The van der Waals surface area contributed by atoms with Crippen molar-refractivity contribution < 1.29 is 4.42 Å². The second-order valence-electron chi connectivity index (χ2n) is 13.7. The normalized spacial score (nSPS) is 11.3. The Morgan fingerprint density at radius 3 is 1.46 bits per heavy atom. The molecule has 0 bridgehead atoms. The van der Waals surface area contributed by atoms with E-state index in [0.717, 1.165) is 50.1 Å². The van der Waals surface area contributed by atoms with E-state index >= 15 is 0 Å². The molecule has 0 aliphatic carbocycles. The molecule has 0 aliphatic heterocycles. The van der Waals surface area contributed by atoms with Crippen molar-refractivity contribution in [2.45, 2.75) is 0 Å². The fraction of sp³-hybridized carbons (Fsp3) is 0. The van der Waals surface area contributed by atoms with Crippen LogP contribution in [-0.4, -0.2) is 0 Å². The van der Waals surface area contributed by atoms with E-state index in [-0.39, 0.29) is 0 Å². The van der Waals surface area contributed by atoms with Crippen LogP contribution in [0.25, 0.3) is 77.2 Å². The van der Waals surface area contributed by atoms with Gasteiger partial charge in [0.05, 0.1) is 11.1 Å². The van der Waals surface area contributed by atoms with Crippen molar-refractivity contribution in [3.63, 3.8) is 0 Å². The van der Waals surface area contributed by atoms with Gasteiger partial charge >= 0.3 is 0 Å². The number of fused-ring (bicyclic) bond motifs is 4. The molecule has 0 amide bonds. The van der Waals surface area contributed by atoms with Crippen LogP contribution in [0.5, 0.6) is 0 Å². The predicted molar refractivity (Wildman–Crippen MR) is 228 cm³/mol. The molecular formula is C52H35NO. The van der Waals surface area contributed by atoms with Crippen molar-refractivity contribution in [3.8, 4) is 44.5 Å². The zero-order chi connectivity index (χ0) is 35.8. The summed E-state index contributed by atoms with van der Waals surface area (Å²) >= 11 is 0. The molecule has 54 heavy (non-hydrogen) atoms. The number of anilines is 3. The maximum atomic E-state index is 6.71. The molecule has 0 atom stereocenters. The SMILES string of the molecule is c1ccc(-c2ccc(-c3ccc(N(c4ccc(-c5cccc6ccccc56)cc4)c4ccc(-c5ccccc5)c5oc6ccccc6c45)cc3)cc2)cc1. The van der Waals surface area contributed by atoms with Crippen molar-refractivity contribution >= 4 is 49.8 Å². The third-order valence-corrected chi connectivity index (χ3v) is 10.5. The van der Waals surface area contributed by atoms with Crippen LogP contribution >= 0.6 is 0 Å². The molecule has 2 nitrogen and oxygen atoms in total. The van der Waals surface area contributed by atoms with E-state index in [4.69, 9.17) is 4.42 Å². The third-order valence-electron chi connectivity index (χ3n) is 10.5. The van der Waals surface area contributed by atoms with E-state index in [1.165, 1.54) is 44.2 Å². The van der Waals surface area contributed by atoms with Gasteiger partial charge in [0, 0.05) is 22.3 Å². The molecule has 2 heteroatoms. The smallest absolute Gasteiger partial charge is 0.145 e. The van der Waals surface area contributed by atoms with Gasteiger partial charge in [-0.05, 0) is 92.2 Å². The molecular weight excluding hydrogens is 655 g/mol. The summed E-state index contributed by atoms with van der Waals surface area (Å²) in [6.45, 7) is 0. The monoisotopic (exact) mass is 689 g/mol. The Balaban J connectivity index is 1.12. The highest BCUT2D eigenvalue weighted by molar-refractivity contribution is 6.17. The van der Waals surface area contributed by atoms with Crippen LogP contribution in [0.4, 0.5) is 17.1 Å². The zero-order valence-electron chi connectivity index (χ0n) is 29.6. The van der Waals surface area contributed by atoms with Crippen molar-refractivity contribution in [1.29, 1.82) is 0 Å². The summed E-state index contributed by atoms with van der Waals surface area (Å²) in [7, 11) is 0. The maximum Gasteiger partial charge on any atom is 0.145 e. The lowest BCUT2D eigenvalue weighted by atomic mass is 9.97. The number of furan rings is 1. The Bertz CT molecular complexity index is 2880. The lowest BCUT2D eigenvalue weighted by Gasteiger charge is -2.27. The maximum absolute atomic E-state index is 6.71. The molecule has 0 saturated carbocycles. The topological polar surface area (TPSA) is 16.4 Å². The largest absolute Gasteiger partial charge is 0.455 e. The minimum absolute atomic E-state index is 0.873. The van der Waals surface area contributed by atoms with E-state index in [1.807, 2.05) is 6.07 Å². The summed E-state index contributed by atoms with van der Waals surface area (Å²) in [6, 6.07) is 75.7. The first-order valence-electron chi connectivity index (χ1n) is 18.4. The first-order valence-corrected chi connectivity index (χ1v) is 18.4. The number of hydrogen-bond donors (Lipinski definition) is 0. The Labute approximate surface area is 314 Å². The van der Waals surface area contributed by atoms with Crippen molar-refractivity contribution in [3.05, 3.63) is 212 Å². The number of rotatable bonds is 7. The van der Waals surface area contributed by atoms with Gasteiger partial charge < -0.3 is 9.32 Å². The van der Waals surface area contributed by atoms with Crippen molar-refractivity contribution in [1.82, 2.24) is 0 Å². The van der Waals surface area contributed by atoms with Gasteiger partial charge in [0.15, 0.2) is 0 Å². The Morgan fingerprint density at radius 2 is 0.796 bits per heavy atom. The molecule has 1 aromatic heterocycles. The van der Waals surface area contributed by atoms with Crippen LogP contribution in [0, 0.1) is 0 Å². The Hall–Kier alpha value is -7.16. The van der Waals surface area contributed by atoms with Crippen LogP contribution in [0.15, 0.2) is 217 Å². The van der Waals surface area contributed by atoms with E-state index in [1.54, 1.807) is 0 Å². The highest BCUT2D eigenvalue weighted by Gasteiger charge is 2.22. The van der Waals surface area contributed by atoms with Gasteiger partial charge in [0.25, 0.3) is 0 Å². The van der Waals surface area contributed by atoms with E-state index in [0.29, 0.717) is 0 Å². The number of hydrogen-bond acceptors (Lipinski definition) is 2. The van der Waals surface area contributed by atoms with Crippen LogP contribution in [-0.2, 0) is 0 Å². The second kappa shape index (κ2) is 13.4. The van der Waals surface area contributed by atoms with Gasteiger partial charge in [-0.2, -0.15) is 0 Å². The lowest BCUT2D eigenvalue weighted by Crippen LogP contribution is -2.10. The minimum atomic E-state index is 0.873. The van der Waals surface area contributed by atoms with Gasteiger partial charge in [-0.15, -0.1) is 0 Å². The molecule has 254 valence electrons. The molecule has 0 aliphatic rings. The highest BCUT2D eigenvalue weighted by Crippen LogP contribution is 2.46. The van der Waals surface area contributed by atoms with E-state index in [9.17, 15) is 0 Å². The van der Waals surface area contributed by atoms with Gasteiger partial charge in [-0.25, -0.2) is 0 Å². The average Bonchev–Trinajstić information content (AvgIpc) is 3.65. The van der Waals surface area contributed by atoms with Gasteiger partial charge in [0.2, 0.25) is 0 Å². The van der Waals surface area contributed by atoms with Crippen LogP contribution < -0.4 is 4.90 Å². The molecule has 0 N–H and O–H groups in total. The van der Waals surface area contributed by atoms with E-state index in [2.05, 4.69) is 211 Å². The van der Waals surface area contributed by atoms with Gasteiger partial charge in [0.1, 0.15) is 11.2 Å². The molecule has 1 heterocycles. The van der Waals surface area contributed by atoms with Crippen molar-refractivity contribution in [2.24, 2.45) is 0 Å². The molecule has 0 saturated heterocycles. The summed E-state index contributed by atoms with van der Waals surface area (Å²) in [4.78, 5) is 2.37. The molecule has 0 spiro atoms. The number of para-hydroxylation sites is 1. The number of nitrogens with zero attached hydrogens (tertiary/aromatic N) is 1. The summed E-state index contributed by atoms with van der Waals surface area (Å²) in [5, 5.41) is 4.67. The van der Waals surface area contributed by atoms with Crippen molar-refractivity contribution in [2.75, 3.05) is 4.90 Å². The average molecular weight is 690 g/mol. The zero-order valence-corrected chi connectivity index (χ0v) is 29.6. The number of benzene rings is 9. The fourth-order valence-corrected chi connectivity index (χ4v) is 7.83. The standard InChI is InChI=1S/C52H35NO/c1-3-12-36(13-4-1)37-22-24-38(25-23-37)39-26-30-43(31-27-39)53(44-32-28-42(29-33-44)46-20-11-17-40-16-7-8-18-45(40)46)49-35-34-47(41-14-5-2-6-15-41)52-51(49)48-19-9-10-21-50(48)54-52/h1-35H. The minimum Gasteiger partial charge on any atom is -0.455 e. The summed E-state index contributed by atoms with van der Waals surface area (Å²) in [5.41, 5.74) is 14.3. The molecule has 10 rings (SSSR count). The summed E-state index contributed by atoms with van der Waals surface area (Å²) < 4.78 is 6.71. The summed E-state index contributed by atoms with van der Waals surface area (Å²) in [6.07, 6.45) is 0. The first kappa shape index (κ1) is 31.6. The molecule has 9 aromatic carbocycles. The van der Waals surface area contributed by atoms with E-state index < -0.39 is 0 Å². The van der Waals surface area contributed by atoms with Crippen LogP contribution in [0.2, 0.25) is 0 Å². The van der Waals surface area contributed by atoms with Gasteiger partial charge in [-0.1, -0.05) is 170 Å². The first-order chi connectivity index (χ1) is 26.8. The quantitative estimate of drug-likeness (QED) is 0.166. The lowest BCUT2D eigenvalue weighted by molar-refractivity contribution is 0.670. The Kier molecular flexibility index (Phi) is 7.85. The third kappa shape index (κ3) is 5.62. The molecule has 0 fully saturated rings. The molecule has 0 radical (unpaired) electrons.